The standard InChI is InChI=1S/C24H24ClF2N3O/c1-15-5-6-28-13-20(15)19-10-22(25)29-14-21(19)30(4)23(31)24(2,3)18-8-16(11-26)7-17(9-18)12-27/h5-10,13-14H,11-12H2,1-4H3. The van der Waals surface area contributed by atoms with Crippen LogP contribution in [-0.4, -0.2) is 22.9 Å². The smallest absolute Gasteiger partial charge is 0.236 e. The van der Waals surface area contributed by atoms with Crippen LogP contribution in [0.25, 0.3) is 11.1 Å². The Morgan fingerprint density at radius 3 is 2.29 bits per heavy atom. The van der Waals surface area contributed by atoms with Crippen LogP contribution >= 0.6 is 11.6 Å². The molecule has 2 aromatic heterocycles. The minimum atomic E-state index is -1.04. The zero-order valence-electron chi connectivity index (χ0n) is 17.9. The summed E-state index contributed by atoms with van der Waals surface area (Å²) in [5.41, 5.74) is 3.28. The van der Waals surface area contributed by atoms with E-state index in [1.54, 1.807) is 57.7 Å². The van der Waals surface area contributed by atoms with Gasteiger partial charge < -0.3 is 4.90 Å². The average molecular weight is 444 g/mol. The molecular formula is C24H24ClF2N3O. The van der Waals surface area contributed by atoms with Gasteiger partial charge in [-0.15, -0.1) is 0 Å². The Morgan fingerprint density at radius 2 is 1.71 bits per heavy atom. The Labute approximate surface area is 185 Å². The molecule has 0 aliphatic carbocycles. The Hall–Kier alpha value is -2.86. The van der Waals surface area contributed by atoms with Crippen LogP contribution < -0.4 is 4.90 Å². The van der Waals surface area contributed by atoms with Crippen molar-refractivity contribution in [1.29, 1.82) is 0 Å². The van der Waals surface area contributed by atoms with Crippen molar-refractivity contribution in [2.24, 2.45) is 0 Å². The van der Waals surface area contributed by atoms with Gasteiger partial charge in [-0.1, -0.05) is 29.8 Å². The van der Waals surface area contributed by atoms with E-state index in [9.17, 15) is 13.6 Å². The van der Waals surface area contributed by atoms with E-state index in [4.69, 9.17) is 11.6 Å². The molecule has 0 saturated heterocycles. The van der Waals surface area contributed by atoms with Gasteiger partial charge in [-0.05, 0) is 55.2 Å². The molecule has 0 radical (unpaired) electrons. The minimum Gasteiger partial charge on any atom is -0.313 e. The summed E-state index contributed by atoms with van der Waals surface area (Å²) in [6.45, 7) is 3.97. The number of benzene rings is 1. The number of anilines is 1. The van der Waals surface area contributed by atoms with E-state index in [0.717, 1.165) is 16.7 Å². The van der Waals surface area contributed by atoms with Gasteiger partial charge in [0.25, 0.3) is 0 Å². The van der Waals surface area contributed by atoms with Crippen molar-refractivity contribution >= 4 is 23.2 Å². The SMILES string of the molecule is Cc1ccncc1-c1cc(Cl)ncc1N(C)C(=O)C(C)(C)c1cc(CF)cc(CF)c1. The molecule has 0 fully saturated rings. The topological polar surface area (TPSA) is 46.1 Å². The third kappa shape index (κ3) is 4.59. The first-order valence-electron chi connectivity index (χ1n) is 9.79. The normalized spacial score (nSPS) is 11.5. The van der Waals surface area contributed by atoms with E-state index >= 15 is 0 Å². The number of alkyl halides is 2. The van der Waals surface area contributed by atoms with Gasteiger partial charge in [0, 0.05) is 30.6 Å². The summed E-state index contributed by atoms with van der Waals surface area (Å²) < 4.78 is 26.6. The predicted molar refractivity (Wildman–Crippen MR) is 120 cm³/mol. The molecule has 4 nitrogen and oxygen atoms in total. The second-order valence-corrected chi connectivity index (χ2v) is 8.40. The first-order valence-corrected chi connectivity index (χ1v) is 10.2. The first kappa shape index (κ1) is 22.8. The van der Waals surface area contributed by atoms with E-state index in [0.29, 0.717) is 27.5 Å². The van der Waals surface area contributed by atoms with Gasteiger partial charge in [-0.25, -0.2) is 13.8 Å². The van der Waals surface area contributed by atoms with E-state index < -0.39 is 18.8 Å². The van der Waals surface area contributed by atoms with Crippen molar-refractivity contribution in [1.82, 2.24) is 9.97 Å². The molecule has 2 heterocycles. The van der Waals surface area contributed by atoms with Crippen molar-refractivity contribution < 1.29 is 13.6 Å². The van der Waals surface area contributed by atoms with Crippen molar-refractivity contribution in [3.05, 3.63) is 76.3 Å². The Morgan fingerprint density at radius 1 is 1.06 bits per heavy atom. The molecule has 1 aromatic carbocycles. The lowest BCUT2D eigenvalue weighted by Crippen LogP contribution is -2.42. The molecule has 0 unspecified atom stereocenters. The maximum atomic E-state index is 13.6. The highest BCUT2D eigenvalue weighted by atomic mass is 35.5. The number of hydrogen-bond donors (Lipinski definition) is 0. The fraction of sp³-hybridized carbons (Fsp3) is 0.292. The molecule has 0 bridgehead atoms. The van der Waals surface area contributed by atoms with Crippen molar-refractivity contribution in [3.8, 4) is 11.1 Å². The molecule has 31 heavy (non-hydrogen) atoms. The van der Waals surface area contributed by atoms with Gasteiger partial charge in [-0.3, -0.25) is 9.78 Å². The van der Waals surface area contributed by atoms with Crippen LogP contribution in [0.3, 0.4) is 0 Å². The number of aryl methyl sites for hydroxylation is 1. The van der Waals surface area contributed by atoms with Crippen LogP contribution in [0.2, 0.25) is 5.15 Å². The number of hydrogen-bond acceptors (Lipinski definition) is 3. The number of rotatable bonds is 6. The fourth-order valence-corrected chi connectivity index (χ4v) is 3.74. The van der Waals surface area contributed by atoms with Crippen LogP contribution in [0, 0.1) is 6.92 Å². The van der Waals surface area contributed by atoms with E-state index in [1.807, 2.05) is 13.0 Å². The molecule has 1 amide bonds. The second kappa shape index (κ2) is 9.10. The molecule has 3 aromatic rings. The zero-order chi connectivity index (χ0) is 22.8. The molecule has 7 heteroatoms. The Kier molecular flexibility index (Phi) is 6.70. The van der Waals surface area contributed by atoms with Crippen LogP contribution in [0.1, 0.15) is 36.1 Å². The molecule has 0 saturated carbocycles. The lowest BCUT2D eigenvalue weighted by molar-refractivity contribution is -0.122. The molecule has 0 N–H and O–H groups in total. The highest BCUT2D eigenvalue weighted by Crippen LogP contribution is 2.36. The molecule has 0 spiro atoms. The number of aromatic nitrogens is 2. The number of pyridine rings is 2. The van der Waals surface area contributed by atoms with Crippen LogP contribution in [-0.2, 0) is 23.6 Å². The maximum absolute atomic E-state index is 13.6. The molecule has 0 atom stereocenters. The molecule has 162 valence electrons. The molecule has 0 aliphatic rings. The third-order valence-corrected chi connectivity index (χ3v) is 5.67. The van der Waals surface area contributed by atoms with E-state index in [2.05, 4.69) is 9.97 Å². The summed E-state index contributed by atoms with van der Waals surface area (Å²) in [5.74, 6) is -0.250. The average Bonchev–Trinajstić information content (AvgIpc) is 2.77. The summed E-state index contributed by atoms with van der Waals surface area (Å²) in [4.78, 5) is 23.4. The van der Waals surface area contributed by atoms with Crippen molar-refractivity contribution in [2.75, 3.05) is 11.9 Å². The Balaban J connectivity index is 2.07. The maximum Gasteiger partial charge on any atom is 0.236 e. The number of amides is 1. The quantitative estimate of drug-likeness (QED) is 0.440. The number of likely N-dealkylation sites (N-methyl/N-ethyl adjacent to an activating group) is 1. The largest absolute Gasteiger partial charge is 0.313 e. The van der Waals surface area contributed by atoms with Gasteiger partial charge in [-0.2, -0.15) is 0 Å². The van der Waals surface area contributed by atoms with Gasteiger partial charge in [0.1, 0.15) is 18.5 Å². The number of nitrogens with zero attached hydrogens (tertiary/aromatic N) is 3. The summed E-state index contributed by atoms with van der Waals surface area (Å²) in [6, 6.07) is 8.26. The van der Waals surface area contributed by atoms with E-state index in [1.165, 1.54) is 11.0 Å². The van der Waals surface area contributed by atoms with Crippen LogP contribution in [0.4, 0.5) is 14.5 Å². The molecule has 3 rings (SSSR count). The highest BCUT2D eigenvalue weighted by Gasteiger charge is 2.34. The monoisotopic (exact) mass is 443 g/mol. The summed E-state index contributed by atoms with van der Waals surface area (Å²) >= 11 is 6.15. The predicted octanol–water partition coefficient (Wildman–Crippen LogP) is 5.99. The zero-order valence-corrected chi connectivity index (χ0v) is 18.7. The number of halogens is 3. The third-order valence-electron chi connectivity index (χ3n) is 5.46. The van der Waals surface area contributed by atoms with Crippen LogP contribution in [0.5, 0.6) is 0 Å². The van der Waals surface area contributed by atoms with Gasteiger partial charge in [0.2, 0.25) is 5.91 Å². The fourth-order valence-electron chi connectivity index (χ4n) is 3.58. The number of carbonyl (C=O) groups is 1. The Bertz CT molecular complexity index is 1100. The molecular weight excluding hydrogens is 420 g/mol. The lowest BCUT2D eigenvalue weighted by atomic mass is 9.81. The summed E-state index contributed by atoms with van der Waals surface area (Å²) in [5, 5.41) is 0.297. The van der Waals surface area contributed by atoms with Crippen LogP contribution in [0.15, 0.2) is 48.9 Å². The first-order chi connectivity index (χ1) is 14.7. The summed E-state index contributed by atoms with van der Waals surface area (Å²) in [7, 11) is 1.65. The van der Waals surface area contributed by atoms with E-state index in [-0.39, 0.29) is 5.91 Å². The lowest BCUT2D eigenvalue weighted by Gasteiger charge is -2.31. The van der Waals surface area contributed by atoms with Crippen molar-refractivity contribution in [3.63, 3.8) is 0 Å². The highest BCUT2D eigenvalue weighted by molar-refractivity contribution is 6.29. The number of carbonyl (C=O) groups excluding carboxylic acids is 1. The van der Waals surface area contributed by atoms with Gasteiger partial charge in [0.15, 0.2) is 0 Å². The van der Waals surface area contributed by atoms with Gasteiger partial charge in [0.05, 0.1) is 17.3 Å². The van der Waals surface area contributed by atoms with Crippen molar-refractivity contribution in [2.45, 2.75) is 39.5 Å². The van der Waals surface area contributed by atoms with Gasteiger partial charge >= 0.3 is 0 Å². The second-order valence-electron chi connectivity index (χ2n) is 8.01. The molecule has 0 aliphatic heterocycles. The minimum absolute atomic E-state index is 0.250. The summed E-state index contributed by atoms with van der Waals surface area (Å²) in [6.07, 6.45) is 4.95.